The Kier molecular flexibility index (Phi) is 5.76. The van der Waals surface area contributed by atoms with E-state index in [0.29, 0.717) is 17.5 Å². The molecule has 27 heavy (non-hydrogen) atoms. The molecule has 0 saturated heterocycles. The van der Waals surface area contributed by atoms with Crippen molar-refractivity contribution in [2.24, 2.45) is 0 Å². The molecule has 1 N–H and O–H groups in total. The second kappa shape index (κ2) is 8.22. The number of nitrogens with one attached hydrogen (secondary N) is 1. The Hall–Kier alpha value is -2.86. The van der Waals surface area contributed by atoms with Gasteiger partial charge in [-0.1, -0.05) is 30.3 Å². The van der Waals surface area contributed by atoms with E-state index >= 15 is 0 Å². The maximum Gasteiger partial charge on any atom is 0.251 e. The summed E-state index contributed by atoms with van der Waals surface area (Å²) in [5.41, 5.74) is 1.01. The highest BCUT2D eigenvalue weighted by atomic mass is 32.2. The average Bonchev–Trinajstić information content (AvgIpc) is 3.15. The summed E-state index contributed by atoms with van der Waals surface area (Å²) in [7, 11) is -3.46. The molecule has 0 aliphatic carbocycles. The fourth-order valence-electron chi connectivity index (χ4n) is 2.82. The molecule has 6 heteroatoms. The predicted molar refractivity (Wildman–Crippen MR) is 103 cm³/mol. The molecule has 5 nitrogen and oxygen atoms in total. The average molecular weight is 383 g/mol. The van der Waals surface area contributed by atoms with Crippen molar-refractivity contribution in [2.45, 2.75) is 30.0 Å². The minimum Gasteiger partial charge on any atom is -0.469 e. The first-order chi connectivity index (χ1) is 12.9. The van der Waals surface area contributed by atoms with Crippen molar-refractivity contribution in [3.63, 3.8) is 0 Å². The molecule has 0 aliphatic rings. The third kappa shape index (κ3) is 5.08. The highest BCUT2D eigenvalue weighted by molar-refractivity contribution is 7.90. The summed E-state index contributed by atoms with van der Waals surface area (Å²) in [5.74, 6) is 0.401. The molecule has 1 atom stereocenters. The van der Waals surface area contributed by atoms with Crippen LogP contribution in [0.3, 0.4) is 0 Å². The number of amides is 1. The minimum absolute atomic E-state index is 0.111. The van der Waals surface area contributed by atoms with Gasteiger partial charge in [-0.25, -0.2) is 8.42 Å². The molecule has 1 amide bonds. The molecule has 0 radical (unpaired) electrons. The van der Waals surface area contributed by atoms with Gasteiger partial charge >= 0.3 is 0 Å². The fourth-order valence-corrected chi connectivity index (χ4v) is 4.18. The summed E-state index contributed by atoms with van der Waals surface area (Å²) >= 11 is 0. The van der Waals surface area contributed by atoms with Crippen molar-refractivity contribution < 1.29 is 17.6 Å². The van der Waals surface area contributed by atoms with Crippen molar-refractivity contribution in [3.05, 3.63) is 89.9 Å². The van der Waals surface area contributed by atoms with Crippen LogP contribution in [-0.4, -0.2) is 20.4 Å². The summed E-state index contributed by atoms with van der Waals surface area (Å²) in [6.07, 6.45) is 2.18. The number of carbonyl (C=O) groups is 1. The van der Waals surface area contributed by atoms with Crippen LogP contribution < -0.4 is 5.32 Å². The zero-order valence-electron chi connectivity index (χ0n) is 15.0. The topological polar surface area (TPSA) is 76.4 Å². The molecule has 2 aromatic carbocycles. The maximum absolute atomic E-state index is 12.5. The monoisotopic (exact) mass is 383 g/mol. The van der Waals surface area contributed by atoms with Gasteiger partial charge in [-0.2, -0.15) is 0 Å². The van der Waals surface area contributed by atoms with E-state index in [1.165, 1.54) is 0 Å². The van der Waals surface area contributed by atoms with E-state index < -0.39 is 9.84 Å². The number of benzene rings is 2. The first kappa shape index (κ1) is 18.9. The molecule has 1 unspecified atom stereocenters. The van der Waals surface area contributed by atoms with Crippen LogP contribution in [0.2, 0.25) is 0 Å². The molecule has 3 rings (SSSR count). The lowest BCUT2D eigenvalue weighted by Gasteiger charge is -2.13. The Morgan fingerprint density at radius 2 is 1.81 bits per heavy atom. The number of carbonyl (C=O) groups excluding carboxylic acids is 1. The standard InChI is InChI=1S/C21H21NO4S/c1-16(13-19-9-6-12-26-19)22-21(23)18-8-5-7-17(14-18)15-27(24,25)20-10-3-2-4-11-20/h2-12,14,16H,13,15H2,1H3,(H,22,23). The van der Waals surface area contributed by atoms with E-state index in [2.05, 4.69) is 5.32 Å². The van der Waals surface area contributed by atoms with Gasteiger partial charge in [0.15, 0.2) is 9.84 Å². The summed E-state index contributed by atoms with van der Waals surface area (Å²) in [6.45, 7) is 1.89. The van der Waals surface area contributed by atoms with Crippen LogP contribution >= 0.6 is 0 Å². The van der Waals surface area contributed by atoms with Gasteiger partial charge in [-0.05, 0) is 48.9 Å². The third-order valence-corrected chi connectivity index (χ3v) is 5.82. The van der Waals surface area contributed by atoms with Gasteiger partial charge in [0, 0.05) is 18.0 Å². The second-order valence-corrected chi connectivity index (χ2v) is 8.42. The van der Waals surface area contributed by atoms with Crippen LogP contribution in [-0.2, 0) is 22.0 Å². The fraction of sp³-hybridized carbons (Fsp3) is 0.190. The van der Waals surface area contributed by atoms with Crippen molar-refractivity contribution >= 4 is 15.7 Å². The number of sulfone groups is 1. The van der Waals surface area contributed by atoms with Crippen molar-refractivity contribution in [3.8, 4) is 0 Å². The minimum atomic E-state index is -3.46. The van der Waals surface area contributed by atoms with Crippen LogP contribution in [0.1, 0.15) is 28.6 Å². The van der Waals surface area contributed by atoms with Gasteiger partial charge < -0.3 is 9.73 Å². The van der Waals surface area contributed by atoms with E-state index in [1.807, 2.05) is 13.0 Å². The molecular weight excluding hydrogens is 362 g/mol. The van der Waals surface area contributed by atoms with Crippen LogP contribution in [0.4, 0.5) is 0 Å². The highest BCUT2D eigenvalue weighted by Gasteiger charge is 2.17. The normalized spacial score (nSPS) is 12.5. The summed E-state index contributed by atoms with van der Waals surface area (Å²) in [4.78, 5) is 12.8. The van der Waals surface area contributed by atoms with E-state index in [4.69, 9.17) is 4.42 Å². The number of rotatable bonds is 7. The van der Waals surface area contributed by atoms with E-state index in [0.717, 1.165) is 5.76 Å². The molecule has 1 aromatic heterocycles. The maximum atomic E-state index is 12.5. The summed E-state index contributed by atoms with van der Waals surface area (Å²) in [5, 5.41) is 2.91. The molecule has 0 bridgehead atoms. The van der Waals surface area contributed by atoms with E-state index in [9.17, 15) is 13.2 Å². The van der Waals surface area contributed by atoms with Crippen LogP contribution in [0, 0.1) is 0 Å². The number of hydrogen-bond donors (Lipinski definition) is 1. The van der Waals surface area contributed by atoms with Gasteiger partial charge in [-0.3, -0.25) is 4.79 Å². The first-order valence-electron chi connectivity index (χ1n) is 8.64. The lowest BCUT2D eigenvalue weighted by molar-refractivity contribution is 0.0939. The Balaban J connectivity index is 1.68. The number of hydrogen-bond acceptors (Lipinski definition) is 4. The quantitative estimate of drug-likeness (QED) is 0.676. The predicted octanol–water partition coefficient (Wildman–Crippen LogP) is 3.61. The molecule has 140 valence electrons. The molecule has 1 heterocycles. The lowest BCUT2D eigenvalue weighted by atomic mass is 10.1. The highest BCUT2D eigenvalue weighted by Crippen LogP contribution is 2.17. The Bertz CT molecular complexity index is 996. The molecular formula is C21H21NO4S. The van der Waals surface area contributed by atoms with Crippen LogP contribution in [0.15, 0.2) is 82.3 Å². The molecule has 3 aromatic rings. The van der Waals surface area contributed by atoms with Gasteiger partial charge in [0.1, 0.15) is 5.76 Å². The summed E-state index contributed by atoms with van der Waals surface area (Å²) in [6, 6.07) is 18.6. The van der Waals surface area contributed by atoms with E-state index in [-0.39, 0.29) is 22.6 Å². The first-order valence-corrected chi connectivity index (χ1v) is 10.3. The van der Waals surface area contributed by atoms with Crippen LogP contribution in [0.5, 0.6) is 0 Å². The van der Waals surface area contributed by atoms with Gasteiger partial charge in [0.25, 0.3) is 5.91 Å². The zero-order valence-corrected chi connectivity index (χ0v) is 15.8. The molecule has 0 aliphatic heterocycles. The largest absolute Gasteiger partial charge is 0.469 e. The SMILES string of the molecule is CC(Cc1ccco1)NC(=O)c1cccc(CS(=O)(=O)c2ccccc2)c1. The van der Waals surface area contributed by atoms with Crippen molar-refractivity contribution in [2.75, 3.05) is 0 Å². The molecule has 0 spiro atoms. The zero-order chi connectivity index (χ0) is 19.3. The van der Waals surface area contributed by atoms with Gasteiger partial charge in [-0.15, -0.1) is 0 Å². The van der Waals surface area contributed by atoms with Crippen LogP contribution in [0.25, 0.3) is 0 Å². The Labute approximate surface area is 159 Å². The molecule has 0 fully saturated rings. The molecule has 0 saturated carbocycles. The smallest absolute Gasteiger partial charge is 0.251 e. The van der Waals surface area contributed by atoms with Gasteiger partial charge in [0.05, 0.1) is 16.9 Å². The lowest BCUT2D eigenvalue weighted by Crippen LogP contribution is -2.34. The third-order valence-electron chi connectivity index (χ3n) is 4.11. The number of furan rings is 1. The summed E-state index contributed by atoms with van der Waals surface area (Å²) < 4.78 is 30.3. The Morgan fingerprint density at radius 3 is 2.52 bits per heavy atom. The second-order valence-electron chi connectivity index (χ2n) is 6.43. The Morgan fingerprint density at radius 1 is 1.04 bits per heavy atom. The van der Waals surface area contributed by atoms with E-state index in [1.54, 1.807) is 66.9 Å². The van der Waals surface area contributed by atoms with Crippen molar-refractivity contribution in [1.29, 1.82) is 0 Å². The van der Waals surface area contributed by atoms with Gasteiger partial charge in [0.2, 0.25) is 0 Å². The van der Waals surface area contributed by atoms with Crippen molar-refractivity contribution in [1.82, 2.24) is 5.32 Å².